The standard InChI is InChI=1S/C20H22O4/c1-15-19(23-13-17-10-6-3-7-11-17)18(24-20(15)21)14-22-12-16-8-4-2-5-9-16/h2-11,18-21H,1,12-14H2/t18-,19+,20?/m1/s1. The van der Waals surface area contributed by atoms with Gasteiger partial charge in [-0.3, -0.25) is 0 Å². The Balaban J connectivity index is 1.53. The molecule has 1 saturated heterocycles. The van der Waals surface area contributed by atoms with E-state index < -0.39 is 6.29 Å². The van der Waals surface area contributed by atoms with Crippen molar-refractivity contribution >= 4 is 0 Å². The lowest BCUT2D eigenvalue weighted by molar-refractivity contribution is -0.119. The predicted molar refractivity (Wildman–Crippen MR) is 91.1 cm³/mol. The van der Waals surface area contributed by atoms with E-state index in [1.807, 2.05) is 60.7 Å². The zero-order valence-electron chi connectivity index (χ0n) is 13.5. The molecule has 0 aromatic heterocycles. The highest BCUT2D eigenvalue weighted by atomic mass is 16.6. The molecule has 0 radical (unpaired) electrons. The Morgan fingerprint density at radius 3 is 2.12 bits per heavy atom. The van der Waals surface area contributed by atoms with Gasteiger partial charge in [0.2, 0.25) is 0 Å². The molecular weight excluding hydrogens is 304 g/mol. The lowest BCUT2D eigenvalue weighted by Crippen LogP contribution is -2.30. The minimum absolute atomic E-state index is 0.338. The first-order valence-corrected chi connectivity index (χ1v) is 8.03. The van der Waals surface area contributed by atoms with E-state index in [0.717, 1.165) is 11.1 Å². The van der Waals surface area contributed by atoms with E-state index in [-0.39, 0.29) is 12.2 Å². The van der Waals surface area contributed by atoms with Crippen LogP contribution in [0.5, 0.6) is 0 Å². The molecule has 24 heavy (non-hydrogen) atoms. The average Bonchev–Trinajstić information content (AvgIpc) is 2.89. The van der Waals surface area contributed by atoms with Gasteiger partial charge in [0.15, 0.2) is 6.29 Å². The third-order valence-corrected chi connectivity index (χ3v) is 3.99. The maximum absolute atomic E-state index is 9.89. The fraction of sp³-hybridized carbons (Fsp3) is 0.300. The SMILES string of the molecule is C=C1C(O)O[C@H](COCc2ccccc2)[C@H]1OCc1ccccc1. The van der Waals surface area contributed by atoms with Crippen LogP contribution < -0.4 is 0 Å². The van der Waals surface area contributed by atoms with Crippen molar-refractivity contribution in [2.75, 3.05) is 6.61 Å². The van der Waals surface area contributed by atoms with Gasteiger partial charge in [0.25, 0.3) is 0 Å². The lowest BCUT2D eigenvalue weighted by atomic mass is 10.1. The van der Waals surface area contributed by atoms with Crippen LogP contribution in [0.25, 0.3) is 0 Å². The van der Waals surface area contributed by atoms with Crippen LogP contribution in [0.1, 0.15) is 11.1 Å². The van der Waals surface area contributed by atoms with E-state index in [9.17, 15) is 5.11 Å². The first kappa shape index (κ1) is 16.9. The van der Waals surface area contributed by atoms with Crippen LogP contribution in [0.15, 0.2) is 72.8 Å². The number of aliphatic hydroxyl groups is 1. The quantitative estimate of drug-likeness (QED) is 0.795. The van der Waals surface area contributed by atoms with E-state index >= 15 is 0 Å². The molecule has 0 spiro atoms. The molecule has 1 heterocycles. The highest BCUT2D eigenvalue weighted by molar-refractivity contribution is 5.17. The number of hydrogen-bond acceptors (Lipinski definition) is 4. The van der Waals surface area contributed by atoms with Crippen molar-refractivity contribution in [3.63, 3.8) is 0 Å². The van der Waals surface area contributed by atoms with Gasteiger partial charge in [-0.25, -0.2) is 0 Å². The van der Waals surface area contributed by atoms with Crippen LogP contribution in [-0.4, -0.2) is 30.2 Å². The molecule has 1 N–H and O–H groups in total. The molecule has 4 nitrogen and oxygen atoms in total. The molecule has 0 aliphatic carbocycles. The van der Waals surface area contributed by atoms with Crippen LogP contribution in [0.3, 0.4) is 0 Å². The van der Waals surface area contributed by atoms with E-state index in [4.69, 9.17) is 14.2 Å². The highest BCUT2D eigenvalue weighted by Crippen LogP contribution is 2.27. The summed E-state index contributed by atoms with van der Waals surface area (Å²) in [6.07, 6.45) is -1.74. The molecule has 0 amide bonds. The first-order chi connectivity index (χ1) is 11.7. The van der Waals surface area contributed by atoms with Crippen molar-refractivity contribution in [2.24, 2.45) is 0 Å². The van der Waals surface area contributed by atoms with E-state index in [1.54, 1.807) is 0 Å². The van der Waals surface area contributed by atoms with Crippen LogP contribution in [0, 0.1) is 0 Å². The summed E-state index contributed by atoms with van der Waals surface area (Å²) in [7, 11) is 0. The maximum Gasteiger partial charge on any atom is 0.180 e. The van der Waals surface area contributed by atoms with Gasteiger partial charge in [0.1, 0.15) is 12.2 Å². The normalized spacial score (nSPS) is 23.5. The third-order valence-electron chi connectivity index (χ3n) is 3.99. The summed E-state index contributed by atoms with van der Waals surface area (Å²) in [5.74, 6) is 0. The van der Waals surface area contributed by atoms with Gasteiger partial charge in [-0.05, 0) is 11.1 Å². The Bertz CT molecular complexity index is 641. The zero-order valence-corrected chi connectivity index (χ0v) is 13.5. The fourth-order valence-electron chi connectivity index (χ4n) is 2.67. The van der Waals surface area contributed by atoms with Gasteiger partial charge < -0.3 is 19.3 Å². The number of ether oxygens (including phenoxy) is 3. The van der Waals surface area contributed by atoms with Crippen LogP contribution in [0.2, 0.25) is 0 Å². The number of hydrogen-bond donors (Lipinski definition) is 1. The monoisotopic (exact) mass is 326 g/mol. The molecule has 2 aromatic carbocycles. The van der Waals surface area contributed by atoms with Gasteiger partial charge in [-0.2, -0.15) is 0 Å². The second-order valence-corrected chi connectivity index (χ2v) is 5.82. The Morgan fingerprint density at radius 2 is 1.50 bits per heavy atom. The van der Waals surface area contributed by atoms with Gasteiger partial charge in [-0.1, -0.05) is 67.2 Å². The third kappa shape index (κ3) is 4.30. The van der Waals surface area contributed by atoms with E-state index in [1.165, 1.54) is 0 Å². The van der Waals surface area contributed by atoms with Gasteiger partial charge >= 0.3 is 0 Å². The lowest BCUT2D eigenvalue weighted by Gasteiger charge is -2.19. The summed E-state index contributed by atoms with van der Waals surface area (Å²) in [6.45, 7) is 5.16. The van der Waals surface area contributed by atoms with Crippen molar-refractivity contribution in [3.8, 4) is 0 Å². The van der Waals surface area contributed by atoms with Crippen LogP contribution in [0.4, 0.5) is 0 Å². The smallest absolute Gasteiger partial charge is 0.180 e. The molecular formula is C20H22O4. The molecule has 126 valence electrons. The van der Waals surface area contributed by atoms with E-state index in [2.05, 4.69) is 6.58 Å². The van der Waals surface area contributed by atoms with Crippen molar-refractivity contribution in [2.45, 2.75) is 31.7 Å². The molecule has 2 aromatic rings. The molecule has 0 bridgehead atoms. The highest BCUT2D eigenvalue weighted by Gasteiger charge is 2.38. The average molecular weight is 326 g/mol. The van der Waals surface area contributed by atoms with Crippen molar-refractivity contribution in [1.82, 2.24) is 0 Å². The molecule has 1 unspecified atom stereocenters. The summed E-state index contributed by atoms with van der Waals surface area (Å²) in [5.41, 5.74) is 2.70. The summed E-state index contributed by atoms with van der Waals surface area (Å²) >= 11 is 0. The molecule has 3 atom stereocenters. The Labute approximate surface area is 142 Å². The second-order valence-electron chi connectivity index (χ2n) is 5.82. The number of benzene rings is 2. The summed E-state index contributed by atoms with van der Waals surface area (Å²) in [6, 6.07) is 19.8. The topological polar surface area (TPSA) is 47.9 Å². The Morgan fingerprint density at radius 1 is 0.917 bits per heavy atom. The second kappa shape index (κ2) is 8.22. The zero-order chi connectivity index (χ0) is 16.8. The molecule has 1 aliphatic rings. The van der Waals surface area contributed by atoms with Crippen molar-refractivity contribution in [1.29, 1.82) is 0 Å². The summed E-state index contributed by atoms with van der Waals surface area (Å²) in [4.78, 5) is 0. The predicted octanol–water partition coefficient (Wildman–Crippen LogP) is 3.06. The number of rotatable bonds is 7. The minimum atomic E-state index is -1.00. The van der Waals surface area contributed by atoms with Gasteiger partial charge in [0.05, 0.1) is 19.8 Å². The molecule has 4 heteroatoms. The molecule has 3 rings (SSSR count). The first-order valence-electron chi connectivity index (χ1n) is 8.03. The van der Waals surface area contributed by atoms with Crippen LogP contribution >= 0.6 is 0 Å². The summed E-state index contributed by atoms with van der Waals surface area (Å²) in [5, 5.41) is 9.89. The summed E-state index contributed by atoms with van der Waals surface area (Å²) < 4.78 is 17.2. The fourth-order valence-corrected chi connectivity index (χ4v) is 2.67. The van der Waals surface area contributed by atoms with E-state index in [0.29, 0.717) is 25.4 Å². The Hall–Kier alpha value is -1.98. The van der Waals surface area contributed by atoms with Crippen molar-refractivity contribution in [3.05, 3.63) is 83.9 Å². The Kier molecular flexibility index (Phi) is 5.77. The minimum Gasteiger partial charge on any atom is -0.374 e. The van der Waals surface area contributed by atoms with Gasteiger partial charge in [0, 0.05) is 5.57 Å². The maximum atomic E-state index is 9.89. The van der Waals surface area contributed by atoms with Crippen molar-refractivity contribution < 1.29 is 19.3 Å². The molecule has 1 fully saturated rings. The molecule has 1 aliphatic heterocycles. The van der Waals surface area contributed by atoms with Gasteiger partial charge in [-0.15, -0.1) is 0 Å². The van der Waals surface area contributed by atoms with Crippen LogP contribution in [-0.2, 0) is 27.4 Å². The number of aliphatic hydroxyl groups excluding tert-OH is 1. The largest absolute Gasteiger partial charge is 0.374 e. The molecule has 0 saturated carbocycles.